The van der Waals surface area contributed by atoms with Crippen molar-refractivity contribution in [3.63, 3.8) is 0 Å². The van der Waals surface area contributed by atoms with E-state index in [1.807, 2.05) is 13.8 Å². The number of hydrogen-bond donors (Lipinski definition) is 1. The van der Waals surface area contributed by atoms with Gasteiger partial charge in [-0.3, -0.25) is 0 Å². The molecule has 1 unspecified atom stereocenters. The van der Waals surface area contributed by atoms with Crippen molar-refractivity contribution >= 4 is 6.09 Å². The fourth-order valence-corrected chi connectivity index (χ4v) is 2.57. The van der Waals surface area contributed by atoms with Gasteiger partial charge in [0.25, 0.3) is 0 Å². The van der Waals surface area contributed by atoms with Crippen molar-refractivity contribution in [1.82, 2.24) is 5.32 Å². The minimum absolute atomic E-state index is 0.00717. The number of hydrogen-bond acceptors (Lipinski definition) is 2. The summed E-state index contributed by atoms with van der Waals surface area (Å²) in [5.41, 5.74) is 1.92. The highest BCUT2D eigenvalue weighted by atomic mass is 16.6. The monoisotopic (exact) mass is 319 g/mol. The molecular formula is C20H33NO2. The Hall–Kier alpha value is -1.51. The van der Waals surface area contributed by atoms with E-state index in [0.29, 0.717) is 5.92 Å². The molecule has 1 rings (SSSR count). The highest BCUT2D eigenvalue weighted by Crippen LogP contribution is 2.24. The van der Waals surface area contributed by atoms with E-state index in [4.69, 9.17) is 4.74 Å². The SMILES string of the molecule is CCCCC(CC)OC(=O)NC(C)(C)c1cccc(C(C)C)c1. The number of alkyl carbamates (subject to hydrolysis) is 1. The second-order valence-corrected chi connectivity index (χ2v) is 7.11. The van der Waals surface area contributed by atoms with Crippen LogP contribution in [0.2, 0.25) is 0 Å². The third-order valence-corrected chi connectivity index (χ3v) is 4.30. The third kappa shape index (κ3) is 6.25. The lowest BCUT2D eigenvalue weighted by Gasteiger charge is -2.28. The van der Waals surface area contributed by atoms with Crippen molar-refractivity contribution in [3.05, 3.63) is 35.4 Å². The van der Waals surface area contributed by atoms with Crippen molar-refractivity contribution in [3.8, 4) is 0 Å². The summed E-state index contributed by atoms with van der Waals surface area (Å²) in [6.07, 6.45) is 3.68. The molecule has 0 aliphatic rings. The van der Waals surface area contributed by atoms with E-state index in [2.05, 4.69) is 57.3 Å². The molecule has 1 atom stereocenters. The summed E-state index contributed by atoms with van der Waals surface area (Å²) in [4.78, 5) is 12.2. The molecule has 0 radical (unpaired) electrons. The van der Waals surface area contributed by atoms with Crippen LogP contribution < -0.4 is 5.32 Å². The van der Waals surface area contributed by atoms with Crippen molar-refractivity contribution < 1.29 is 9.53 Å². The molecule has 0 aliphatic heterocycles. The highest BCUT2D eigenvalue weighted by Gasteiger charge is 2.25. The van der Waals surface area contributed by atoms with Crippen LogP contribution in [0.15, 0.2) is 24.3 Å². The minimum atomic E-state index is -0.453. The Kier molecular flexibility index (Phi) is 7.60. The Balaban J connectivity index is 2.73. The van der Waals surface area contributed by atoms with Gasteiger partial charge >= 0.3 is 6.09 Å². The number of unbranched alkanes of at least 4 members (excludes halogenated alkanes) is 1. The molecule has 0 aliphatic carbocycles. The van der Waals surface area contributed by atoms with Gasteiger partial charge < -0.3 is 10.1 Å². The van der Waals surface area contributed by atoms with E-state index in [-0.39, 0.29) is 12.2 Å². The Bertz CT molecular complexity index is 494. The summed E-state index contributed by atoms with van der Waals surface area (Å²) >= 11 is 0. The Morgan fingerprint density at radius 1 is 1.26 bits per heavy atom. The molecule has 130 valence electrons. The predicted molar refractivity (Wildman–Crippen MR) is 96.8 cm³/mol. The summed E-state index contributed by atoms with van der Waals surface area (Å²) in [7, 11) is 0. The van der Waals surface area contributed by atoms with Gasteiger partial charge in [0.1, 0.15) is 6.10 Å². The maximum Gasteiger partial charge on any atom is 0.408 e. The molecule has 0 heterocycles. The first-order chi connectivity index (χ1) is 10.8. The summed E-state index contributed by atoms with van der Waals surface area (Å²) < 4.78 is 5.59. The van der Waals surface area contributed by atoms with Crippen LogP contribution in [0.3, 0.4) is 0 Å². The first-order valence-electron chi connectivity index (χ1n) is 8.89. The van der Waals surface area contributed by atoms with E-state index in [0.717, 1.165) is 31.2 Å². The number of rotatable bonds is 8. The molecule has 0 spiro atoms. The van der Waals surface area contributed by atoms with Gasteiger partial charge in [-0.2, -0.15) is 0 Å². The van der Waals surface area contributed by atoms with Gasteiger partial charge in [-0.25, -0.2) is 4.79 Å². The van der Waals surface area contributed by atoms with Crippen LogP contribution >= 0.6 is 0 Å². The topological polar surface area (TPSA) is 38.3 Å². The summed E-state index contributed by atoms with van der Waals surface area (Å²) in [6, 6.07) is 8.40. The van der Waals surface area contributed by atoms with Crippen LogP contribution in [-0.2, 0) is 10.3 Å². The van der Waals surface area contributed by atoms with Gasteiger partial charge in [-0.15, -0.1) is 0 Å². The molecule has 0 fully saturated rings. The minimum Gasteiger partial charge on any atom is -0.446 e. The average Bonchev–Trinajstić information content (AvgIpc) is 2.51. The van der Waals surface area contributed by atoms with Crippen molar-refractivity contribution in [2.24, 2.45) is 0 Å². The quantitative estimate of drug-likeness (QED) is 0.663. The molecule has 1 N–H and O–H groups in total. The van der Waals surface area contributed by atoms with Crippen molar-refractivity contribution in [1.29, 1.82) is 0 Å². The van der Waals surface area contributed by atoms with Gasteiger partial charge in [-0.05, 0) is 43.7 Å². The molecular weight excluding hydrogens is 286 g/mol. The first kappa shape index (κ1) is 19.5. The van der Waals surface area contributed by atoms with Crippen LogP contribution in [-0.4, -0.2) is 12.2 Å². The zero-order valence-corrected chi connectivity index (χ0v) is 15.6. The van der Waals surface area contributed by atoms with Gasteiger partial charge in [0, 0.05) is 0 Å². The number of carbonyl (C=O) groups excluding carboxylic acids is 1. The number of amides is 1. The molecule has 0 saturated carbocycles. The molecule has 3 nitrogen and oxygen atoms in total. The number of carbonyl (C=O) groups is 1. The molecule has 1 amide bonds. The molecule has 0 aromatic heterocycles. The van der Waals surface area contributed by atoms with Gasteiger partial charge in [0.2, 0.25) is 0 Å². The predicted octanol–water partition coefficient (Wildman–Crippen LogP) is 5.74. The smallest absolute Gasteiger partial charge is 0.408 e. The summed E-state index contributed by atoms with van der Waals surface area (Å²) in [5, 5.41) is 3.02. The van der Waals surface area contributed by atoms with Crippen LogP contribution in [0.5, 0.6) is 0 Å². The lowest BCUT2D eigenvalue weighted by molar-refractivity contribution is 0.0818. The van der Waals surface area contributed by atoms with Crippen LogP contribution in [0.25, 0.3) is 0 Å². The van der Waals surface area contributed by atoms with Gasteiger partial charge in [0.05, 0.1) is 5.54 Å². The Morgan fingerprint density at radius 2 is 1.96 bits per heavy atom. The van der Waals surface area contributed by atoms with E-state index in [1.54, 1.807) is 0 Å². The van der Waals surface area contributed by atoms with Crippen molar-refractivity contribution in [2.45, 2.75) is 84.8 Å². The normalized spacial score (nSPS) is 13.0. The van der Waals surface area contributed by atoms with Gasteiger partial charge in [0.15, 0.2) is 0 Å². The average molecular weight is 319 g/mol. The van der Waals surface area contributed by atoms with E-state index in [1.165, 1.54) is 5.56 Å². The Morgan fingerprint density at radius 3 is 2.52 bits per heavy atom. The van der Waals surface area contributed by atoms with Crippen LogP contribution in [0.1, 0.15) is 84.3 Å². The fourth-order valence-electron chi connectivity index (χ4n) is 2.57. The van der Waals surface area contributed by atoms with Crippen LogP contribution in [0, 0.1) is 0 Å². The maximum atomic E-state index is 12.2. The van der Waals surface area contributed by atoms with E-state index in [9.17, 15) is 4.79 Å². The number of ether oxygens (including phenoxy) is 1. The van der Waals surface area contributed by atoms with E-state index >= 15 is 0 Å². The molecule has 0 saturated heterocycles. The summed E-state index contributed by atoms with van der Waals surface area (Å²) in [6.45, 7) is 12.6. The summed E-state index contributed by atoms with van der Waals surface area (Å²) in [5.74, 6) is 0.469. The number of benzene rings is 1. The zero-order chi connectivity index (χ0) is 17.5. The zero-order valence-electron chi connectivity index (χ0n) is 15.6. The largest absolute Gasteiger partial charge is 0.446 e. The standard InChI is InChI=1S/C20H33NO2/c1-7-9-13-18(8-2)23-19(22)21-20(5,6)17-12-10-11-16(14-17)15(3)4/h10-12,14-15,18H,7-9,13H2,1-6H3,(H,21,22). The fraction of sp³-hybridized carbons (Fsp3) is 0.650. The molecule has 0 bridgehead atoms. The molecule has 1 aromatic carbocycles. The first-order valence-corrected chi connectivity index (χ1v) is 8.89. The molecule has 1 aromatic rings. The Labute approximate surface area is 141 Å². The second-order valence-electron chi connectivity index (χ2n) is 7.11. The van der Waals surface area contributed by atoms with Crippen molar-refractivity contribution in [2.75, 3.05) is 0 Å². The second kappa shape index (κ2) is 8.95. The lowest BCUT2D eigenvalue weighted by Crippen LogP contribution is -2.42. The number of nitrogens with one attached hydrogen (secondary N) is 1. The lowest BCUT2D eigenvalue weighted by atomic mass is 9.90. The maximum absolute atomic E-state index is 12.2. The highest BCUT2D eigenvalue weighted by molar-refractivity contribution is 5.68. The van der Waals surface area contributed by atoms with Gasteiger partial charge in [-0.1, -0.05) is 64.8 Å². The van der Waals surface area contributed by atoms with Crippen LogP contribution in [0.4, 0.5) is 4.79 Å². The van der Waals surface area contributed by atoms with E-state index < -0.39 is 5.54 Å². The third-order valence-electron chi connectivity index (χ3n) is 4.30. The molecule has 3 heteroatoms. The molecule has 23 heavy (non-hydrogen) atoms.